The molecule has 2 aromatic carbocycles. The van der Waals surface area contributed by atoms with Gasteiger partial charge in [0.15, 0.2) is 0 Å². The third-order valence-corrected chi connectivity index (χ3v) is 6.70. The second-order valence-electron chi connectivity index (χ2n) is 8.63. The van der Waals surface area contributed by atoms with Crippen molar-refractivity contribution in [2.75, 3.05) is 32.8 Å². The van der Waals surface area contributed by atoms with Crippen molar-refractivity contribution >= 4 is 17.5 Å². The zero-order chi connectivity index (χ0) is 21.6. The number of benzene rings is 2. The van der Waals surface area contributed by atoms with E-state index >= 15 is 0 Å². The lowest BCUT2D eigenvalue weighted by Crippen LogP contribution is -2.53. The lowest BCUT2D eigenvalue weighted by Gasteiger charge is -2.38. The molecule has 2 aromatic rings. The molecule has 4 rings (SSSR count). The Kier molecular flexibility index (Phi) is 7.62. The number of ether oxygens (including phenoxy) is 1. The summed E-state index contributed by atoms with van der Waals surface area (Å²) in [6.07, 6.45) is 1.98. The van der Waals surface area contributed by atoms with Crippen molar-refractivity contribution in [3.05, 3.63) is 70.7 Å². The Hall–Kier alpha value is -1.92. The molecule has 2 aliphatic rings. The molecule has 31 heavy (non-hydrogen) atoms. The monoisotopic (exact) mass is 441 g/mol. The summed E-state index contributed by atoms with van der Waals surface area (Å²) in [6.45, 7) is 7.14. The van der Waals surface area contributed by atoms with Crippen LogP contribution in [-0.4, -0.2) is 60.6 Å². The number of rotatable bonds is 6. The summed E-state index contributed by atoms with van der Waals surface area (Å²) >= 11 is 6.01. The first kappa shape index (κ1) is 22.3. The first-order valence-electron chi connectivity index (χ1n) is 11.3. The van der Waals surface area contributed by atoms with E-state index in [2.05, 4.69) is 45.4 Å². The summed E-state index contributed by atoms with van der Waals surface area (Å²) in [5.74, 6) is 0.123. The Balaban J connectivity index is 1.24. The van der Waals surface area contributed by atoms with Crippen molar-refractivity contribution in [1.82, 2.24) is 15.1 Å². The van der Waals surface area contributed by atoms with E-state index in [9.17, 15) is 4.79 Å². The number of nitrogens with zero attached hydrogens (tertiary/aromatic N) is 2. The number of piperidine rings is 1. The van der Waals surface area contributed by atoms with E-state index in [0.717, 1.165) is 49.6 Å². The molecule has 166 valence electrons. The highest BCUT2D eigenvalue weighted by atomic mass is 35.5. The van der Waals surface area contributed by atoms with E-state index in [1.165, 1.54) is 5.56 Å². The molecular weight excluding hydrogens is 410 g/mol. The molecule has 1 N–H and O–H groups in total. The van der Waals surface area contributed by atoms with Crippen molar-refractivity contribution in [3.63, 3.8) is 0 Å². The summed E-state index contributed by atoms with van der Waals surface area (Å²) in [4.78, 5) is 17.6. The molecule has 2 fully saturated rings. The highest BCUT2D eigenvalue weighted by Gasteiger charge is 2.30. The first-order valence-corrected chi connectivity index (χ1v) is 11.6. The second kappa shape index (κ2) is 10.6. The summed E-state index contributed by atoms with van der Waals surface area (Å²) in [6, 6.07) is 18.5. The number of halogens is 1. The largest absolute Gasteiger partial charge is 0.371 e. The average molecular weight is 442 g/mol. The Bertz CT molecular complexity index is 838. The molecule has 0 saturated carbocycles. The fourth-order valence-electron chi connectivity index (χ4n) is 4.46. The van der Waals surface area contributed by atoms with Crippen LogP contribution in [0.25, 0.3) is 0 Å². The van der Waals surface area contributed by atoms with E-state index in [4.69, 9.17) is 16.3 Å². The van der Waals surface area contributed by atoms with Crippen LogP contribution in [-0.2, 0) is 16.1 Å². The molecule has 0 spiro atoms. The minimum absolute atomic E-state index is 0.0255. The molecule has 1 amide bonds. The van der Waals surface area contributed by atoms with E-state index in [1.807, 2.05) is 31.2 Å². The van der Waals surface area contributed by atoms with Crippen LogP contribution in [0.2, 0.25) is 5.02 Å². The lowest BCUT2D eigenvalue weighted by atomic mass is 10.0. The van der Waals surface area contributed by atoms with Crippen LogP contribution in [0.3, 0.4) is 0 Å². The van der Waals surface area contributed by atoms with Gasteiger partial charge in [0.2, 0.25) is 5.91 Å². The van der Waals surface area contributed by atoms with Gasteiger partial charge in [-0.2, -0.15) is 0 Å². The highest BCUT2D eigenvalue weighted by Crippen LogP contribution is 2.25. The van der Waals surface area contributed by atoms with E-state index in [1.54, 1.807) is 0 Å². The Morgan fingerprint density at radius 2 is 1.81 bits per heavy atom. The maximum absolute atomic E-state index is 12.9. The molecule has 0 aromatic heterocycles. The summed E-state index contributed by atoms with van der Waals surface area (Å²) in [5, 5.41) is 4.02. The number of carbonyl (C=O) groups excluding carboxylic acids is 1. The van der Waals surface area contributed by atoms with Gasteiger partial charge in [-0.25, -0.2) is 0 Å². The van der Waals surface area contributed by atoms with Gasteiger partial charge in [0.1, 0.15) is 0 Å². The fraction of sp³-hybridized carbons (Fsp3) is 0.480. The summed E-state index contributed by atoms with van der Waals surface area (Å²) in [5.41, 5.74) is 2.45. The predicted octanol–water partition coefficient (Wildman–Crippen LogP) is 3.88. The van der Waals surface area contributed by atoms with Crippen LogP contribution in [0.4, 0.5) is 0 Å². The van der Waals surface area contributed by atoms with Crippen LogP contribution in [0, 0.1) is 0 Å². The van der Waals surface area contributed by atoms with E-state index < -0.39 is 0 Å². The van der Waals surface area contributed by atoms with Crippen LogP contribution >= 0.6 is 11.6 Å². The van der Waals surface area contributed by atoms with Gasteiger partial charge in [0.25, 0.3) is 0 Å². The number of nitrogens with one attached hydrogen (secondary N) is 1. The summed E-state index contributed by atoms with van der Waals surface area (Å²) < 4.78 is 5.95. The fourth-order valence-corrected chi connectivity index (χ4v) is 4.59. The van der Waals surface area contributed by atoms with Crippen molar-refractivity contribution < 1.29 is 9.53 Å². The molecule has 2 atom stereocenters. The number of amides is 1. The van der Waals surface area contributed by atoms with Crippen molar-refractivity contribution in [3.8, 4) is 0 Å². The standard InChI is InChI=1S/C25H32ClN3O2/c1-19(29-15-16-31-24(18-29)21-7-9-22(26)10-8-21)25(30)27-23-11-13-28(14-12-23)17-20-5-3-2-4-6-20/h2-10,19,23-24H,11-18H2,1H3,(H,27,30). The van der Waals surface area contributed by atoms with Crippen molar-refractivity contribution in [1.29, 1.82) is 0 Å². The molecule has 2 unspecified atom stereocenters. The van der Waals surface area contributed by atoms with Gasteiger partial charge in [0, 0.05) is 43.8 Å². The topological polar surface area (TPSA) is 44.8 Å². The average Bonchev–Trinajstić information content (AvgIpc) is 2.81. The van der Waals surface area contributed by atoms with Gasteiger partial charge in [-0.3, -0.25) is 14.6 Å². The third kappa shape index (κ3) is 6.07. The van der Waals surface area contributed by atoms with E-state index in [-0.39, 0.29) is 24.1 Å². The predicted molar refractivity (Wildman–Crippen MR) is 124 cm³/mol. The first-order chi connectivity index (χ1) is 15.1. The van der Waals surface area contributed by atoms with E-state index in [0.29, 0.717) is 13.2 Å². The van der Waals surface area contributed by atoms with Gasteiger partial charge in [-0.15, -0.1) is 0 Å². The second-order valence-corrected chi connectivity index (χ2v) is 9.06. The number of hydrogen-bond acceptors (Lipinski definition) is 4. The molecule has 0 radical (unpaired) electrons. The summed E-state index contributed by atoms with van der Waals surface area (Å²) in [7, 11) is 0. The van der Waals surface area contributed by atoms with Gasteiger partial charge >= 0.3 is 0 Å². The molecule has 5 nitrogen and oxygen atoms in total. The zero-order valence-electron chi connectivity index (χ0n) is 18.2. The van der Waals surface area contributed by atoms with Gasteiger partial charge < -0.3 is 10.1 Å². The minimum atomic E-state index is -0.166. The molecule has 0 bridgehead atoms. The Morgan fingerprint density at radius 1 is 1.10 bits per heavy atom. The highest BCUT2D eigenvalue weighted by molar-refractivity contribution is 6.30. The van der Waals surface area contributed by atoms with Gasteiger partial charge in [0.05, 0.1) is 18.8 Å². The minimum Gasteiger partial charge on any atom is -0.371 e. The number of carbonyl (C=O) groups is 1. The smallest absolute Gasteiger partial charge is 0.237 e. The third-order valence-electron chi connectivity index (χ3n) is 6.45. The van der Waals surface area contributed by atoms with Crippen LogP contribution in [0.15, 0.2) is 54.6 Å². The molecule has 2 aliphatic heterocycles. The SMILES string of the molecule is CC(C(=O)NC1CCN(Cc2ccccc2)CC1)N1CCOC(c2ccc(Cl)cc2)C1. The van der Waals surface area contributed by atoms with Crippen molar-refractivity contribution in [2.24, 2.45) is 0 Å². The molecule has 2 heterocycles. The molecule has 2 saturated heterocycles. The Labute approximate surface area is 190 Å². The maximum Gasteiger partial charge on any atom is 0.237 e. The molecule has 0 aliphatic carbocycles. The van der Waals surface area contributed by atoms with Gasteiger partial charge in [-0.1, -0.05) is 54.1 Å². The molecular formula is C25H32ClN3O2. The quantitative estimate of drug-likeness (QED) is 0.738. The van der Waals surface area contributed by atoms with Crippen LogP contribution < -0.4 is 5.32 Å². The maximum atomic E-state index is 12.9. The number of morpholine rings is 1. The normalized spacial score (nSPS) is 22.2. The number of hydrogen-bond donors (Lipinski definition) is 1. The van der Waals surface area contributed by atoms with Crippen LogP contribution in [0.1, 0.15) is 37.0 Å². The number of likely N-dealkylation sites (tertiary alicyclic amines) is 1. The van der Waals surface area contributed by atoms with Crippen molar-refractivity contribution in [2.45, 2.75) is 44.5 Å². The van der Waals surface area contributed by atoms with Gasteiger partial charge in [-0.05, 0) is 43.0 Å². The van der Waals surface area contributed by atoms with Crippen LogP contribution in [0.5, 0.6) is 0 Å². The zero-order valence-corrected chi connectivity index (χ0v) is 18.9. The lowest BCUT2D eigenvalue weighted by molar-refractivity contribution is -0.130. The Morgan fingerprint density at radius 3 is 2.52 bits per heavy atom. The molecule has 6 heteroatoms.